The van der Waals surface area contributed by atoms with Crippen LogP contribution in [0.4, 0.5) is 0 Å². The molecule has 5 heteroatoms. The van der Waals surface area contributed by atoms with Gasteiger partial charge < -0.3 is 5.32 Å². The Morgan fingerprint density at radius 2 is 2.00 bits per heavy atom. The molecule has 1 aromatic rings. The van der Waals surface area contributed by atoms with E-state index in [1.807, 2.05) is 0 Å². The van der Waals surface area contributed by atoms with Crippen molar-refractivity contribution in [2.24, 2.45) is 0 Å². The zero-order chi connectivity index (χ0) is 10.1. The summed E-state index contributed by atoms with van der Waals surface area (Å²) in [7, 11) is 0. The third-order valence-corrected chi connectivity index (χ3v) is 3.20. The van der Waals surface area contributed by atoms with Crippen LogP contribution in [-0.2, 0) is 4.79 Å². The highest BCUT2D eigenvalue weighted by molar-refractivity contribution is 8.15. The van der Waals surface area contributed by atoms with Gasteiger partial charge >= 0.3 is 0 Å². The fourth-order valence-electron chi connectivity index (χ4n) is 1.24. The Hall–Kier alpha value is -1.000. The molecule has 1 fully saturated rings. The monoisotopic (exact) mass is 226 g/mol. The second kappa shape index (κ2) is 3.63. The van der Waals surface area contributed by atoms with Gasteiger partial charge in [0, 0.05) is 5.02 Å². The van der Waals surface area contributed by atoms with Crippen molar-refractivity contribution < 1.29 is 4.79 Å². The Morgan fingerprint density at radius 3 is 2.50 bits per heavy atom. The molecule has 1 aromatic carbocycles. The minimum Gasteiger partial charge on any atom is -0.304 e. The van der Waals surface area contributed by atoms with Crippen LogP contribution in [0.15, 0.2) is 24.3 Å². The fourth-order valence-corrected chi connectivity index (χ4v) is 2.22. The third kappa shape index (κ3) is 1.76. The molecule has 1 atom stereocenters. The van der Waals surface area contributed by atoms with E-state index >= 15 is 0 Å². The number of amidine groups is 1. The number of rotatable bonds is 1. The van der Waals surface area contributed by atoms with E-state index in [4.69, 9.17) is 17.0 Å². The van der Waals surface area contributed by atoms with E-state index < -0.39 is 0 Å². The van der Waals surface area contributed by atoms with Crippen LogP contribution in [0.5, 0.6) is 0 Å². The molecule has 72 valence electrons. The molecule has 14 heavy (non-hydrogen) atoms. The Kier molecular flexibility index (Phi) is 2.48. The number of nitrogens with one attached hydrogen (secondary N) is 2. The second-order valence-corrected chi connectivity index (χ2v) is 4.42. The molecule has 3 nitrogen and oxygen atoms in total. The summed E-state index contributed by atoms with van der Waals surface area (Å²) in [6, 6.07) is 7.09. The van der Waals surface area contributed by atoms with Crippen molar-refractivity contribution in [3.8, 4) is 0 Å². The van der Waals surface area contributed by atoms with Gasteiger partial charge in [0.2, 0.25) is 5.91 Å². The number of hydrogen-bond acceptors (Lipinski definition) is 3. The van der Waals surface area contributed by atoms with Gasteiger partial charge in [0.15, 0.2) is 5.17 Å². The van der Waals surface area contributed by atoms with Crippen molar-refractivity contribution >= 4 is 34.4 Å². The lowest BCUT2D eigenvalue weighted by Crippen LogP contribution is -2.20. The average molecular weight is 227 g/mol. The highest BCUT2D eigenvalue weighted by atomic mass is 35.5. The van der Waals surface area contributed by atoms with Gasteiger partial charge in [-0.05, 0) is 17.7 Å². The van der Waals surface area contributed by atoms with Gasteiger partial charge in [0.05, 0.1) is 0 Å². The summed E-state index contributed by atoms with van der Waals surface area (Å²) < 4.78 is 0. The van der Waals surface area contributed by atoms with Crippen molar-refractivity contribution in [2.75, 3.05) is 0 Å². The molecule has 0 saturated carbocycles. The van der Waals surface area contributed by atoms with Gasteiger partial charge in [-0.15, -0.1) is 0 Å². The van der Waals surface area contributed by atoms with Gasteiger partial charge in [-0.3, -0.25) is 10.2 Å². The molecular weight excluding hydrogens is 220 g/mol. The lowest BCUT2D eigenvalue weighted by Gasteiger charge is -2.04. The number of thioether (sulfide) groups is 1. The maximum Gasteiger partial charge on any atom is 0.244 e. The minimum absolute atomic E-state index is 0.137. The van der Waals surface area contributed by atoms with Crippen molar-refractivity contribution in [1.29, 1.82) is 5.41 Å². The number of benzene rings is 1. The van der Waals surface area contributed by atoms with E-state index in [1.54, 1.807) is 24.3 Å². The van der Waals surface area contributed by atoms with Gasteiger partial charge in [-0.1, -0.05) is 35.5 Å². The van der Waals surface area contributed by atoms with Crippen LogP contribution in [0.3, 0.4) is 0 Å². The summed E-state index contributed by atoms with van der Waals surface area (Å²) >= 11 is 6.95. The average Bonchev–Trinajstić information content (AvgIpc) is 2.47. The highest BCUT2D eigenvalue weighted by Gasteiger charge is 2.30. The number of carbonyl (C=O) groups is 1. The first-order valence-electron chi connectivity index (χ1n) is 3.98. The van der Waals surface area contributed by atoms with E-state index in [9.17, 15) is 4.79 Å². The Balaban J connectivity index is 2.27. The van der Waals surface area contributed by atoms with Gasteiger partial charge in [0.1, 0.15) is 5.25 Å². The van der Waals surface area contributed by atoms with E-state index in [0.717, 1.165) is 5.56 Å². The van der Waals surface area contributed by atoms with Crippen LogP contribution < -0.4 is 5.32 Å². The molecule has 2 rings (SSSR count). The molecule has 1 aliphatic rings. The summed E-state index contributed by atoms with van der Waals surface area (Å²) in [6.45, 7) is 0. The number of hydrogen-bond donors (Lipinski definition) is 2. The van der Waals surface area contributed by atoms with E-state index in [-0.39, 0.29) is 16.3 Å². The highest BCUT2D eigenvalue weighted by Crippen LogP contribution is 2.33. The van der Waals surface area contributed by atoms with Crippen molar-refractivity contribution in [3.05, 3.63) is 34.9 Å². The first-order valence-corrected chi connectivity index (χ1v) is 5.24. The lowest BCUT2D eigenvalue weighted by molar-refractivity contribution is -0.118. The molecule has 1 unspecified atom stereocenters. The van der Waals surface area contributed by atoms with Crippen LogP contribution in [0, 0.1) is 5.41 Å². The Labute approximate surface area is 90.3 Å². The predicted octanol–water partition coefficient (Wildman–Crippen LogP) is 2.18. The topological polar surface area (TPSA) is 53.0 Å². The van der Waals surface area contributed by atoms with Crippen molar-refractivity contribution in [2.45, 2.75) is 5.25 Å². The molecule has 1 heterocycles. The molecule has 1 aliphatic heterocycles. The molecule has 1 saturated heterocycles. The molecule has 0 radical (unpaired) electrons. The van der Waals surface area contributed by atoms with Crippen molar-refractivity contribution in [1.82, 2.24) is 5.32 Å². The van der Waals surface area contributed by atoms with Crippen LogP contribution in [0.2, 0.25) is 5.02 Å². The molecule has 0 spiro atoms. The second-order valence-electron chi connectivity index (χ2n) is 2.87. The summed E-state index contributed by atoms with van der Waals surface area (Å²) in [4.78, 5) is 11.4. The van der Waals surface area contributed by atoms with Gasteiger partial charge in [-0.25, -0.2) is 0 Å². The molecule has 2 N–H and O–H groups in total. The normalized spacial score (nSPS) is 21.1. The zero-order valence-electron chi connectivity index (χ0n) is 7.08. The zero-order valence-corrected chi connectivity index (χ0v) is 8.65. The fraction of sp³-hybridized carbons (Fsp3) is 0.111. The summed E-state index contributed by atoms with van der Waals surface area (Å²) in [5.74, 6) is -0.137. The number of amides is 1. The standard InChI is InChI=1S/C9H7ClN2OS/c10-6-3-1-5(2-4-6)7-8(13)12-9(11)14-7/h1-4,7H,(H2,11,12,13). The first kappa shape index (κ1) is 9.55. The van der Waals surface area contributed by atoms with E-state index in [0.29, 0.717) is 5.02 Å². The summed E-state index contributed by atoms with van der Waals surface area (Å²) in [6.07, 6.45) is 0. The molecule has 0 aromatic heterocycles. The quantitative estimate of drug-likeness (QED) is 0.771. The summed E-state index contributed by atoms with van der Waals surface area (Å²) in [5, 5.41) is 10.3. The Bertz CT molecular complexity index is 390. The SMILES string of the molecule is N=C1NC(=O)C(c2ccc(Cl)cc2)S1. The smallest absolute Gasteiger partial charge is 0.244 e. The number of halogens is 1. The van der Waals surface area contributed by atoms with Gasteiger partial charge in [0.25, 0.3) is 0 Å². The number of carbonyl (C=O) groups excluding carboxylic acids is 1. The van der Waals surface area contributed by atoms with E-state index in [1.165, 1.54) is 11.8 Å². The van der Waals surface area contributed by atoms with Crippen LogP contribution in [-0.4, -0.2) is 11.1 Å². The Morgan fingerprint density at radius 1 is 1.36 bits per heavy atom. The first-order chi connectivity index (χ1) is 6.66. The maximum absolute atomic E-state index is 11.4. The molecular formula is C9H7ClN2OS. The largest absolute Gasteiger partial charge is 0.304 e. The lowest BCUT2D eigenvalue weighted by atomic mass is 10.1. The van der Waals surface area contributed by atoms with Crippen LogP contribution >= 0.6 is 23.4 Å². The van der Waals surface area contributed by atoms with Crippen LogP contribution in [0.25, 0.3) is 0 Å². The molecule has 1 amide bonds. The van der Waals surface area contributed by atoms with Crippen LogP contribution in [0.1, 0.15) is 10.8 Å². The predicted molar refractivity (Wildman–Crippen MR) is 57.7 cm³/mol. The summed E-state index contributed by atoms with van der Waals surface area (Å²) in [5.41, 5.74) is 0.874. The molecule has 0 aliphatic carbocycles. The maximum atomic E-state index is 11.4. The van der Waals surface area contributed by atoms with Gasteiger partial charge in [-0.2, -0.15) is 0 Å². The van der Waals surface area contributed by atoms with Crippen molar-refractivity contribution in [3.63, 3.8) is 0 Å². The van der Waals surface area contributed by atoms with E-state index in [2.05, 4.69) is 5.32 Å². The molecule has 0 bridgehead atoms. The third-order valence-electron chi connectivity index (χ3n) is 1.88. The minimum atomic E-state index is -0.306.